The average Bonchev–Trinajstić information content (AvgIpc) is 2.44. The predicted octanol–water partition coefficient (Wildman–Crippen LogP) is 1.22. The van der Waals surface area contributed by atoms with Crippen LogP contribution in [0.5, 0.6) is 0 Å². The van der Waals surface area contributed by atoms with Gasteiger partial charge in [-0.25, -0.2) is 9.97 Å². The molecule has 5 heteroatoms. The Morgan fingerprint density at radius 2 is 1.87 bits per heavy atom. The van der Waals surface area contributed by atoms with E-state index in [0.717, 1.165) is 29.2 Å². The van der Waals surface area contributed by atoms with Crippen molar-refractivity contribution in [1.29, 1.82) is 0 Å². The molecule has 0 unspecified atom stereocenters. The first kappa shape index (κ1) is 11.1. The molecule has 1 aromatic heterocycles. The van der Waals surface area contributed by atoms with Crippen LogP contribution in [-0.4, -0.2) is 48.1 Å². The van der Waals surface area contributed by atoms with Crippen molar-refractivity contribution in [1.82, 2.24) is 14.9 Å². The smallest absolute Gasteiger partial charge is 0.225 e. The number of hydrogen-bond donors (Lipinski definition) is 0. The van der Waals surface area contributed by atoms with Gasteiger partial charge in [0.25, 0.3) is 0 Å². The molecule has 2 heterocycles. The highest BCUT2D eigenvalue weighted by molar-refractivity contribution is 14.1. The highest BCUT2D eigenvalue weighted by Crippen LogP contribution is 2.11. The molecule has 82 valence electrons. The Morgan fingerprint density at radius 3 is 2.60 bits per heavy atom. The molecule has 15 heavy (non-hydrogen) atoms. The van der Waals surface area contributed by atoms with E-state index in [4.69, 9.17) is 0 Å². The number of rotatable bonds is 1. The Bertz CT molecular complexity index is 314. The van der Waals surface area contributed by atoms with E-state index in [1.807, 2.05) is 12.4 Å². The standard InChI is InChI=1S/C10H15IN4/c1-14-3-2-4-15(6-5-14)10-12-7-9(11)8-13-10/h7-8H,2-6H2,1H3. The van der Waals surface area contributed by atoms with Gasteiger partial charge in [-0.05, 0) is 42.6 Å². The largest absolute Gasteiger partial charge is 0.339 e. The van der Waals surface area contributed by atoms with E-state index in [0.29, 0.717) is 0 Å². The lowest BCUT2D eigenvalue weighted by Crippen LogP contribution is -2.30. The SMILES string of the molecule is CN1CCCN(c2ncc(I)cn2)CC1. The van der Waals surface area contributed by atoms with Crippen LogP contribution in [0.15, 0.2) is 12.4 Å². The van der Waals surface area contributed by atoms with E-state index in [1.165, 1.54) is 13.0 Å². The fourth-order valence-electron chi connectivity index (χ4n) is 1.72. The van der Waals surface area contributed by atoms with Crippen LogP contribution in [0, 0.1) is 3.57 Å². The van der Waals surface area contributed by atoms with Gasteiger partial charge in [-0.2, -0.15) is 0 Å². The average molecular weight is 318 g/mol. The van der Waals surface area contributed by atoms with E-state index >= 15 is 0 Å². The third-order valence-electron chi connectivity index (χ3n) is 2.61. The molecular formula is C10H15IN4. The first-order chi connectivity index (χ1) is 7.25. The van der Waals surface area contributed by atoms with Crippen LogP contribution in [0.4, 0.5) is 5.95 Å². The number of hydrogen-bond acceptors (Lipinski definition) is 4. The van der Waals surface area contributed by atoms with Gasteiger partial charge in [0.05, 0.1) is 0 Å². The minimum absolute atomic E-state index is 0.866. The Balaban J connectivity index is 2.06. The van der Waals surface area contributed by atoms with Crippen LogP contribution >= 0.6 is 22.6 Å². The molecule has 0 aliphatic carbocycles. The Hall–Kier alpha value is -0.430. The summed E-state index contributed by atoms with van der Waals surface area (Å²) in [6.45, 7) is 4.35. The Labute approximate surface area is 104 Å². The second-order valence-electron chi connectivity index (χ2n) is 3.85. The van der Waals surface area contributed by atoms with Crippen LogP contribution in [-0.2, 0) is 0 Å². The molecule has 0 atom stereocenters. The number of aromatic nitrogens is 2. The number of anilines is 1. The molecule has 1 fully saturated rings. The minimum Gasteiger partial charge on any atom is -0.339 e. The lowest BCUT2D eigenvalue weighted by atomic mass is 10.4. The normalized spacial score (nSPS) is 18.9. The van der Waals surface area contributed by atoms with Gasteiger partial charge in [0.1, 0.15) is 0 Å². The zero-order chi connectivity index (χ0) is 10.7. The summed E-state index contributed by atoms with van der Waals surface area (Å²) in [6.07, 6.45) is 4.93. The summed E-state index contributed by atoms with van der Waals surface area (Å²) in [5.41, 5.74) is 0. The second kappa shape index (κ2) is 5.07. The van der Waals surface area contributed by atoms with E-state index < -0.39 is 0 Å². The van der Waals surface area contributed by atoms with Gasteiger partial charge < -0.3 is 9.80 Å². The molecule has 0 spiro atoms. The van der Waals surface area contributed by atoms with Crippen molar-refractivity contribution in [3.63, 3.8) is 0 Å². The van der Waals surface area contributed by atoms with Crippen molar-refractivity contribution < 1.29 is 0 Å². The fourth-order valence-corrected chi connectivity index (χ4v) is 1.99. The summed E-state index contributed by atoms with van der Waals surface area (Å²) in [5.74, 6) is 0.866. The van der Waals surface area contributed by atoms with Crippen molar-refractivity contribution in [2.24, 2.45) is 0 Å². The summed E-state index contributed by atoms with van der Waals surface area (Å²) in [7, 11) is 2.16. The maximum Gasteiger partial charge on any atom is 0.225 e. The molecule has 4 nitrogen and oxygen atoms in total. The first-order valence-corrected chi connectivity index (χ1v) is 6.24. The van der Waals surface area contributed by atoms with E-state index in [9.17, 15) is 0 Å². The van der Waals surface area contributed by atoms with Crippen molar-refractivity contribution in [2.75, 3.05) is 38.1 Å². The van der Waals surface area contributed by atoms with Crippen LogP contribution in [0.25, 0.3) is 0 Å². The van der Waals surface area contributed by atoms with Crippen LogP contribution in [0.1, 0.15) is 6.42 Å². The Kier molecular flexibility index (Phi) is 3.74. The van der Waals surface area contributed by atoms with Crippen molar-refractivity contribution in [3.8, 4) is 0 Å². The lowest BCUT2D eigenvalue weighted by molar-refractivity contribution is 0.360. The van der Waals surface area contributed by atoms with Gasteiger partial charge in [-0.1, -0.05) is 0 Å². The van der Waals surface area contributed by atoms with Gasteiger partial charge in [-0.3, -0.25) is 0 Å². The van der Waals surface area contributed by atoms with Crippen LogP contribution < -0.4 is 4.90 Å². The number of halogens is 1. The zero-order valence-electron chi connectivity index (χ0n) is 8.86. The van der Waals surface area contributed by atoms with Gasteiger partial charge in [-0.15, -0.1) is 0 Å². The second-order valence-corrected chi connectivity index (χ2v) is 5.09. The highest BCUT2D eigenvalue weighted by atomic mass is 127. The Morgan fingerprint density at radius 1 is 1.13 bits per heavy atom. The maximum atomic E-state index is 4.36. The van der Waals surface area contributed by atoms with E-state index in [2.05, 4.69) is 49.4 Å². The van der Waals surface area contributed by atoms with Crippen molar-refractivity contribution in [2.45, 2.75) is 6.42 Å². The summed E-state index contributed by atoms with van der Waals surface area (Å²) >= 11 is 2.23. The van der Waals surface area contributed by atoms with Crippen molar-refractivity contribution >= 4 is 28.5 Å². The molecular weight excluding hydrogens is 303 g/mol. The topological polar surface area (TPSA) is 32.3 Å². The number of nitrogens with zero attached hydrogens (tertiary/aromatic N) is 4. The minimum atomic E-state index is 0.866. The molecule has 0 amide bonds. The predicted molar refractivity (Wildman–Crippen MR) is 69.1 cm³/mol. The number of likely N-dealkylation sites (N-methyl/N-ethyl adjacent to an activating group) is 1. The molecule has 0 N–H and O–H groups in total. The molecule has 0 saturated carbocycles. The highest BCUT2D eigenvalue weighted by Gasteiger charge is 2.14. The molecule has 1 aromatic rings. The third-order valence-corrected chi connectivity index (χ3v) is 3.17. The van der Waals surface area contributed by atoms with Gasteiger partial charge in [0.15, 0.2) is 0 Å². The van der Waals surface area contributed by atoms with Crippen molar-refractivity contribution in [3.05, 3.63) is 16.0 Å². The summed E-state index contributed by atoms with van der Waals surface area (Å²) in [5, 5.41) is 0. The molecule has 0 bridgehead atoms. The monoisotopic (exact) mass is 318 g/mol. The molecule has 1 saturated heterocycles. The third kappa shape index (κ3) is 3.01. The summed E-state index contributed by atoms with van der Waals surface area (Å²) < 4.78 is 1.09. The molecule has 1 aliphatic rings. The zero-order valence-corrected chi connectivity index (χ0v) is 11.0. The van der Waals surface area contributed by atoms with Crippen LogP contribution in [0.2, 0.25) is 0 Å². The molecule has 1 aliphatic heterocycles. The molecule has 0 aromatic carbocycles. The van der Waals surface area contributed by atoms with Gasteiger partial charge >= 0.3 is 0 Å². The molecule has 2 rings (SSSR count). The summed E-state index contributed by atoms with van der Waals surface area (Å²) in [4.78, 5) is 13.3. The van der Waals surface area contributed by atoms with Gasteiger partial charge in [0, 0.05) is 35.6 Å². The maximum absolute atomic E-state index is 4.36. The molecule has 0 radical (unpaired) electrons. The van der Waals surface area contributed by atoms with Gasteiger partial charge in [0.2, 0.25) is 5.95 Å². The fraction of sp³-hybridized carbons (Fsp3) is 0.600. The first-order valence-electron chi connectivity index (χ1n) is 5.17. The van der Waals surface area contributed by atoms with E-state index in [1.54, 1.807) is 0 Å². The lowest BCUT2D eigenvalue weighted by Gasteiger charge is -2.19. The van der Waals surface area contributed by atoms with E-state index in [-0.39, 0.29) is 0 Å². The van der Waals surface area contributed by atoms with Crippen LogP contribution in [0.3, 0.4) is 0 Å². The summed E-state index contributed by atoms with van der Waals surface area (Å²) in [6, 6.07) is 0. The quantitative estimate of drug-likeness (QED) is 0.729.